The van der Waals surface area contributed by atoms with Gasteiger partial charge in [-0.25, -0.2) is 4.98 Å². The molecule has 1 aromatic carbocycles. The molecule has 0 bridgehead atoms. The Hall–Kier alpha value is -1.69. The van der Waals surface area contributed by atoms with E-state index in [0.717, 1.165) is 16.5 Å². The van der Waals surface area contributed by atoms with Gasteiger partial charge in [0, 0.05) is 31.1 Å². The molecule has 0 aliphatic carbocycles. The summed E-state index contributed by atoms with van der Waals surface area (Å²) in [6.45, 7) is 1.52. The van der Waals surface area contributed by atoms with E-state index in [2.05, 4.69) is 11.1 Å². The molecule has 1 aromatic heterocycles. The summed E-state index contributed by atoms with van der Waals surface area (Å²) >= 11 is 0. The van der Waals surface area contributed by atoms with Crippen LogP contribution in [0.4, 0.5) is 0 Å². The zero-order valence-electron chi connectivity index (χ0n) is 12.7. The van der Waals surface area contributed by atoms with Crippen molar-refractivity contribution in [3.8, 4) is 5.88 Å². The highest BCUT2D eigenvalue weighted by atomic mass is 16.5. The molecule has 1 atom stereocenters. The van der Waals surface area contributed by atoms with Crippen molar-refractivity contribution in [1.82, 2.24) is 9.88 Å². The number of nitrogens with zero attached hydrogens (tertiary/aromatic N) is 2. The Kier molecular flexibility index (Phi) is 5.50. The van der Waals surface area contributed by atoms with E-state index in [1.807, 2.05) is 36.2 Å². The van der Waals surface area contributed by atoms with Crippen LogP contribution in [0.25, 0.3) is 10.9 Å². The lowest BCUT2D eigenvalue weighted by atomic mass is 10.1. The van der Waals surface area contributed by atoms with Gasteiger partial charge in [0.15, 0.2) is 0 Å². The van der Waals surface area contributed by atoms with Crippen molar-refractivity contribution in [2.45, 2.75) is 12.6 Å². The molecule has 0 amide bonds. The first-order valence-electron chi connectivity index (χ1n) is 6.92. The Balaban J connectivity index is 2.16. The van der Waals surface area contributed by atoms with E-state index in [1.165, 1.54) is 0 Å². The van der Waals surface area contributed by atoms with Crippen molar-refractivity contribution < 1.29 is 14.6 Å². The minimum atomic E-state index is -0.501. The number of aliphatic hydroxyl groups is 1. The first-order valence-corrected chi connectivity index (χ1v) is 6.92. The normalized spacial score (nSPS) is 12.8. The van der Waals surface area contributed by atoms with E-state index in [0.29, 0.717) is 25.6 Å². The molecule has 1 unspecified atom stereocenters. The summed E-state index contributed by atoms with van der Waals surface area (Å²) < 4.78 is 10.3. The summed E-state index contributed by atoms with van der Waals surface area (Å²) in [6, 6.07) is 10.0. The van der Waals surface area contributed by atoms with E-state index in [9.17, 15) is 5.11 Å². The quantitative estimate of drug-likeness (QED) is 0.841. The first-order chi connectivity index (χ1) is 10.1. The topological polar surface area (TPSA) is 54.8 Å². The number of benzene rings is 1. The minimum Gasteiger partial charge on any atom is -0.481 e. The van der Waals surface area contributed by atoms with Crippen LogP contribution in [0.1, 0.15) is 5.56 Å². The second-order valence-electron chi connectivity index (χ2n) is 5.16. The van der Waals surface area contributed by atoms with Crippen LogP contribution >= 0.6 is 0 Å². The van der Waals surface area contributed by atoms with Crippen LogP contribution in [-0.4, -0.2) is 55.5 Å². The number of aliphatic hydroxyl groups excluding tert-OH is 1. The Morgan fingerprint density at radius 2 is 2.05 bits per heavy atom. The van der Waals surface area contributed by atoms with E-state index < -0.39 is 6.10 Å². The van der Waals surface area contributed by atoms with Crippen molar-refractivity contribution in [3.05, 3.63) is 35.9 Å². The van der Waals surface area contributed by atoms with E-state index in [-0.39, 0.29) is 0 Å². The number of hydrogen-bond donors (Lipinski definition) is 1. The Morgan fingerprint density at radius 1 is 1.29 bits per heavy atom. The lowest BCUT2D eigenvalue weighted by Crippen LogP contribution is -2.31. The fourth-order valence-electron chi connectivity index (χ4n) is 2.39. The zero-order valence-corrected chi connectivity index (χ0v) is 12.7. The van der Waals surface area contributed by atoms with Crippen LogP contribution in [0.3, 0.4) is 0 Å². The first kappa shape index (κ1) is 15.7. The second-order valence-corrected chi connectivity index (χ2v) is 5.16. The number of likely N-dealkylation sites (N-methyl/N-ethyl adjacent to an activating group) is 1. The smallest absolute Gasteiger partial charge is 0.218 e. The van der Waals surface area contributed by atoms with Gasteiger partial charge in [-0.05, 0) is 19.2 Å². The molecule has 5 heteroatoms. The molecule has 114 valence electrons. The van der Waals surface area contributed by atoms with Gasteiger partial charge in [0.2, 0.25) is 5.88 Å². The molecule has 0 saturated carbocycles. The number of ether oxygens (including phenoxy) is 2. The fourth-order valence-corrected chi connectivity index (χ4v) is 2.39. The van der Waals surface area contributed by atoms with Gasteiger partial charge in [0.25, 0.3) is 0 Å². The molecule has 1 heterocycles. The third kappa shape index (κ3) is 4.14. The number of methoxy groups -OCH3 is 2. The van der Waals surface area contributed by atoms with Crippen LogP contribution in [0.2, 0.25) is 0 Å². The maximum Gasteiger partial charge on any atom is 0.218 e. The fraction of sp³-hybridized carbons (Fsp3) is 0.438. The molecular formula is C16H22N2O3. The Morgan fingerprint density at radius 3 is 2.76 bits per heavy atom. The number of fused-ring (bicyclic) bond motifs is 1. The van der Waals surface area contributed by atoms with Crippen molar-refractivity contribution in [2.75, 3.05) is 34.4 Å². The minimum absolute atomic E-state index is 0.331. The predicted molar refractivity (Wildman–Crippen MR) is 82.5 cm³/mol. The molecule has 2 rings (SSSR count). The highest BCUT2D eigenvalue weighted by Gasteiger charge is 2.12. The van der Waals surface area contributed by atoms with Crippen LogP contribution in [0.5, 0.6) is 5.88 Å². The van der Waals surface area contributed by atoms with Gasteiger partial charge in [0.05, 0.1) is 25.3 Å². The van der Waals surface area contributed by atoms with Gasteiger partial charge >= 0.3 is 0 Å². The highest BCUT2D eigenvalue weighted by Crippen LogP contribution is 2.23. The molecule has 5 nitrogen and oxygen atoms in total. The molecular weight excluding hydrogens is 268 g/mol. The molecule has 1 N–H and O–H groups in total. The van der Waals surface area contributed by atoms with Gasteiger partial charge in [-0.3, -0.25) is 4.90 Å². The molecule has 0 aliphatic heterocycles. The number of para-hydroxylation sites is 1. The van der Waals surface area contributed by atoms with Gasteiger partial charge in [-0.15, -0.1) is 0 Å². The number of hydrogen-bond acceptors (Lipinski definition) is 5. The van der Waals surface area contributed by atoms with E-state index in [4.69, 9.17) is 9.47 Å². The number of pyridine rings is 1. The van der Waals surface area contributed by atoms with E-state index >= 15 is 0 Å². The summed E-state index contributed by atoms with van der Waals surface area (Å²) in [7, 11) is 5.16. The number of aromatic nitrogens is 1. The van der Waals surface area contributed by atoms with Gasteiger partial charge in [-0.1, -0.05) is 18.2 Å². The molecule has 2 aromatic rings. The molecule has 0 radical (unpaired) electrons. The molecule has 0 spiro atoms. The summed E-state index contributed by atoms with van der Waals surface area (Å²) in [5.41, 5.74) is 1.92. The Labute approximate surface area is 125 Å². The SMILES string of the molecule is COCC(O)CN(C)Cc1cc2ccccc2nc1OC. The maximum atomic E-state index is 9.78. The van der Waals surface area contributed by atoms with E-state index in [1.54, 1.807) is 14.2 Å². The third-order valence-electron chi connectivity index (χ3n) is 3.28. The second kappa shape index (κ2) is 7.36. The zero-order chi connectivity index (χ0) is 15.2. The average molecular weight is 290 g/mol. The van der Waals surface area contributed by atoms with Crippen LogP contribution in [-0.2, 0) is 11.3 Å². The maximum absolute atomic E-state index is 9.78. The molecule has 0 fully saturated rings. The lowest BCUT2D eigenvalue weighted by molar-refractivity contribution is 0.0417. The van der Waals surface area contributed by atoms with Gasteiger partial charge in [-0.2, -0.15) is 0 Å². The Bertz CT molecular complexity index is 589. The molecule has 0 aliphatic rings. The van der Waals surface area contributed by atoms with Crippen molar-refractivity contribution >= 4 is 10.9 Å². The van der Waals surface area contributed by atoms with Crippen molar-refractivity contribution in [3.63, 3.8) is 0 Å². The summed E-state index contributed by atoms with van der Waals surface area (Å²) in [6.07, 6.45) is -0.501. The molecule has 0 saturated heterocycles. The number of rotatable bonds is 7. The third-order valence-corrected chi connectivity index (χ3v) is 3.28. The highest BCUT2D eigenvalue weighted by molar-refractivity contribution is 5.80. The van der Waals surface area contributed by atoms with Gasteiger partial charge in [0.1, 0.15) is 0 Å². The van der Waals surface area contributed by atoms with Crippen LogP contribution in [0.15, 0.2) is 30.3 Å². The lowest BCUT2D eigenvalue weighted by Gasteiger charge is -2.21. The van der Waals surface area contributed by atoms with Crippen molar-refractivity contribution in [1.29, 1.82) is 0 Å². The monoisotopic (exact) mass is 290 g/mol. The average Bonchev–Trinajstić information content (AvgIpc) is 2.46. The largest absolute Gasteiger partial charge is 0.481 e. The standard InChI is InChI=1S/C16H22N2O3/c1-18(10-14(19)11-20-2)9-13-8-12-6-4-5-7-15(12)17-16(13)21-3/h4-8,14,19H,9-11H2,1-3H3. The summed E-state index contributed by atoms with van der Waals surface area (Å²) in [5, 5.41) is 10.9. The summed E-state index contributed by atoms with van der Waals surface area (Å²) in [4.78, 5) is 6.55. The van der Waals surface area contributed by atoms with Crippen LogP contribution in [0, 0.1) is 0 Å². The molecule has 21 heavy (non-hydrogen) atoms. The predicted octanol–water partition coefficient (Wildman–Crippen LogP) is 1.68. The van der Waals surface area contributed by atoms with Crippen molar-refractivity contribution in [2.24, 2.45) is 0 Å². The summed E-state index contributed by atoms with van der Waals surface area (Å²) in [5.74, 6) is 0.627. The van der Waals surface area contributed by atoms with Gasteiger partial charge < -0.3 is 14.6 Å². The van der Waals surface area contributed by atoms with Crippen LogP contribution < -0.4 is 4.74 Å².